The van der Waals surface area contributed by atoms with E-state index < -0.39 is 5.97 Å². The third-order valence-electron chi connectivity index (χ3n) is 4.25. The summed E-state index contributed by atoms with van der Waals surface area (Å²) in [7, 11) is 0. The van der Waals surface area contributed by atoms with E-state index in [4.69, 9.17) is 4.74 Å². The molecule has 3 heterocycles. The molecule has 0 atom stereocenters. The Kier molecular flexibility index (Phi) is 2.76. The topological polar surface area (TPSA) is 59.5 Å². The van der Waals surface area contributed by atoms with Crippen LogP contribution >= 0.6 is 0 Å². The van der Waals surface area contributed by atoms with E-state index in [-0.39, 0.29) is 12.5 Å². The number of para-hydroxylation sites is 1. The number of amides is 1. The molecule has 5 nitrogen and oxygen atoms in total. The maximum atomic E-state index is 12.6. The van der Waals surface area contributed by atoms with E-state index in [1.165, 1.54) is 0 Å². The molecule has 0 radical (unpaired) electrons. The van der Waals surface area contributed by atoms with Gasteiger partial charge in [0.1, 0.15) is 6.61 Å². The van der Waals surface area contributed by atoms with Crippen molar-refractivity contribution in [2.75, 3.05) is 6.61 Å². The number of carbonyl (C=O) groups is 2. The highest BCUT2D eigenvalue weighted by atomic mass is 16.5. The highest BCUT2D eigenvalue weighted by molar-refractivity contribution is 6.05. The SMILES string of the molecule is CC1=C(C(=O)N2Cc3cc4ccccc4nc3C2)COC1=O. The molecule has 0 saturated carbocycles. The Bertz CT molecular complexity index is 810. The highest BCUT2D eigenvalue weighted by Crippen LogP contribution is 2.27. The van der Waals surface area contributed by atoms with Crippen molar-refractivity contribution in [3.8, 4) is 0 Å². The number of hydrogen-bond donors (Lipinski definition) is 0. The second-order valence-electron chi connectivity index (χ2n) is 5.63. The number of cyclic esters (lactones) is 1. The second kappa shape index (κ2) is 4.66. The van der Waals surface area contributed by atoms with Crippen molar-refractivity contribution in [1.29, 1.82) is 0 Å². The molecular formula is C17H14N2O3. The number of hydrogen-bond acceptors (Lipinski definition) is 4. The van der Waals surface area contributed by atoms with Gasteiger partial charge in [-0.1, -0.05) is 18.2 Å². The molecule has 0 fully saturated rings. The van der Waals surface area contributed by atoms with Gasteiger partial charge in [0.05, 0.1) is 23.3 Å². The molecule has 0 bridgehead atoms. The van der Waals surface area contributed by atoms with E-state index in [1.54, 1.807) is 11.8 Å². The normalized spacial score (nSPS) is 17.1. The quantitative estimate of drug-likeness (QED) is 0.754. The molecule has 2 aliphatic rings. The second-order valence-corrected chi connectivity index (χ2v) is 5.63. The van der Waals surface area contributed by atoms with E-state index in [2.05, 4.69) is 11.1 Å². The van der Waals surface area contributed by atoms with Crippen LogP contribution in [-0.2, 0) is 27.4 Å². The molecular weight excluding hydrogens is 280 g/mol. The molecule has 1 amide bonds. The minimum absolute atomic E-state index is 0.0751. The van der Waals surface area contributed by atoms with Gasteiger partial charge in [-0.2, -0.15) is 0 Å². The zero-order valence-electron chi connectivity index (χ0n) is 12.1. The predicted octanol–water partition coefficient (Wildman–Crippen LogP) is 1.95. The summed E-state index contributed by atoms with van der Waals surface area (Å²) in [6, 6.07) is 10.0. The van der Waals surface area contributed by atoms with Gasteiger partial charge in [-0.15, -0.1) is 0 Å². The number of aromatic nitrogens is 1. The Labute approximate surface area is 127 Å². The Hall–Kier alpha value is -2.69. The first-order valence-corrected chi connectivity index (χ1v) is 7.17. The van der Waals surface area contributed by atoms with E-state index in [0.29, 0.717) is 24.2 Å². The largest absolute Gasteiger partial charge is 0.457 e. The van der Waals surface area contributed by atoms with Crippen LogP contribution in [0.25, 0.3) is 10.9 Å². The van der Waals surface area contributed by atoms with Gasteiger partial charge in [0.15, 0.2) is 0 Å². The molecule has 1 aromatic carbocycles. The number of rotatable bonds is 1. The van der Waals surface area contributed by atoms with Crippen molar-refractivity contribution in [1.82, 2.24) is 9.88 Å². The smallest absolute Gasteiger partial charge is 0.334 e. The van der Waals surface area contributed by atoms with Crippen LogP contribution < -0.4 is 0 Å². The van der Waals surface area contributed by atoms with Crippen LogP contribution in [0.4, 0.5) is 0 Å². The maximum Gasteiger partial charge on any atom is 0.334 e. The number of carbonyl (C=O) groups excluding carboxylic acids is 2. The number of esters is 1. The summed E-state index contributed by atoms with van der Waals surface area (Å²) in [6.07, 6.45) is 0. The monoisotopic (exact) mass is 294 g/mol. The van der Waals surface area contributed by atoms with Gasteiger partial charge in [-0.05, 0) is 24.6 Å². The molecule has 2 aromatic rings. The number of fused-ring (bicyclic) bond motifs is 2. The molecule has 1 aromatic heterocycles. The van der Waals surface area contributed by atoms with Crippen molar-refractivity contribution in [2.24, 2.45) is 0 Å². The van der Waals surface area contributed by atoms with Crippen molar-refractivity contribution >= 4 is 22.8 Å². The standard InChI is InChI=1S/C17H14N2O3/c1-10-13(9-22-17(10)21)16(20)19-7-12-6-11-4-2-3-5-14(11)18-15(12)8-19/h2-6H,7-9H2,1H3. The fraction of sp³-hybridized carbons (Fsp3) is 0.235. The Morgan fingerprint density at radius 1 is 1.27 bits per heavy atom. The minimum Gasteiger partial charge on any atom is -0.457 e. The summed E-state index contributed by atoms with van der Waals surface area (Å²) < 4.78 is 4.92. The lowest BCUT2D eigenvalue weighted by Gasteiger charge is -2.15. The third-order valence-corrected chi connectivity index (χ3v) is 4.25. The fourth-order valence-corrected chi connectivity index (χ4v) is 2.95. The third kappa shape index (κ3) is 1.89. The number of pyridine rings is 1. The molecule has 110 valence electrons. The van der Waals surface area contributed by atoms with Crippen molar-refractivity contribution in [3.63, 3.8) is 0 Å². The van der Waals surface area contributed by atoms with Crippen LogP contribution in [0.1, 0.15) is 18.2 Å². The number of benzene rings is 1. The van der Waals surface area contributed by atoms with Crippen molar-refractivity contribution in [2.45, 2.75) is 20.0 Å². The van der Waals surface area contributed by atoms with Crippen LogP contribution in [-0.4, -0.2) is 28.4 Å². The van der Waals surface area contributed by atoms with Gasteiger partial charge < -0.3 is 9.64 Å². The molecule has 5 heteroatoms. The Morgan fingerprint density at radius 2 is 2.09 bits per heavy atom. The zero-order valence-corrected chi connectivity index (χ0v) is 12.1. The Morgan fingerprint density at radius 3 is 2.86 bits per heavy atom. The fourth-order valence-electron chi connectivity index (χ4n) is 2.95. The van der Waals surface area contributed by atoms with Gasteiger partial charge in [0.25, 0.3) is 5.91 Å². The van der Waals surface area contributed by atoms with E-state index in [1.807, 2.05) is 24.3 Å². The van der Waals surface area contributed by atoms with E-state index >= 15 is 0 Å². The lowest BCUT2D eigenvalue weighted by Crippen LogP contribution is -2.27. The molecule has 0 unspecified atom stereocenters. The molecule has 4 rings (SSSR count). The number of ether oxygens (including phenoxy) is 1. The van der Waals surface area contributed by atoms with Crippen LogP contribution in [0.2, 0.25) is 0 Å². The van der Waals surface area contributed by atoms with Gasteiger partial charge in [-0.25, -0.2) is 4.79 Å². The summed E-state index contributed by atoms with van der Waals surface area (Å²) in [5.74, 6) is -0.533. The Balaban J connectivity index is 1.66. The average Bonchev–Trinajstić information content (AvgIpc) is 3.08. The van der Waals surface area contributed by atoms with Crippen LogP contribution in [0.3, 0.4) is 0 Å². The molecule has 22 heavy (non-hydrogen) atoms. The molecule has 0 saturated heterocycles. The molecule has 0 aliphatic carbocycles. The molecule has 0 N–H and O–H groups in total. The van der Waals surface area contributed by atoms with E-state index in [9.17, 15) is 9.59 Å². The van der Waals surface area contributed by atoms with Gasteiger partial charge in [-0.3, -0.25) is 9.78 Å². The molecule has 2 aliphatic heterocycles. The van der Waals surface area contributed by atoms with Gasteiger partial charge in [0, 0.05) is 17.5 Å². The first kappa shape index (κ1) is 13.0. The highest BCUT2D eigenvalue weighted by Gasteiger charge is 2.32. The van der Waals surface area contributed by atoms with E-state index in [0.717, 1.165) is 22.2 Å². The summed E-state index contributed by atoms with van der Waals surface area (Å²) in [5, 5.41) is 1.07. The van der Waals surface area contributed by atoms with Crippen molar-refractivity contribution in [3.05, 3.63) is 52.7 Å². The minimum atomic E-state index is -0.399. The summed E-state index contributed by atoms with van der Waals surface area (Å²) >= 11 is 0. The summed E-state index contributed by atoms with van der Waals surface area (Å²) in [4.78, 5) is 30.4. The lowest BCUT2D eigenvalue weighted by atomic mass is 10.1. The summed E-state index contributed by atoms with van der Waals surface area (Å²) in [5.41, 5.74) is 3.80. The van der Waals surface area contributed by atoms with Gasteiger partial charge in [0.2, 0.25) is 0 Å². The zero-order chi connectivity index (χ0) is 15.3. The first-order valence-electron chi connectivity index (χ1n) is 7.17. The van der Waals surface area contributed by atoms with Gasteiger partial charge >= 0.3 is 5.97 Å². The molecule has 0 spiro atoms. The maximum absolute atomic E-state index is 12.6. The number of nitrogens with zero attached hydrogens (tertiary/aromatic N) is 2. The lowest BCUT2D eigenvalue weighted by molar-refractivity contribution is -0.136. The van der Waals surface area contributed by atoms with Crippen molar-refractivity contribution < 1.29 is 14.3 Å². The predicted molar refractivity (Wildman–Crippen MR) is 79.7 cm³/mol. The van der Waals surface area contributed by atoms with Crippen LogP contribution in [0.15, 0.2) is 41.5 Å². The first-order chi connectivity index (χ1) is 10.6. The summed E-state index contributed by atoms with van der Waals surface area (Å²) in [6.45, 7) is 2.71. The average molecular weight is 294 g/mol. The van der Waals surface area contributed by atoms with Crippen LogP contribution in [0, 0.1) is 0 Å². The van der Waals surface area contributed by atoms with Crippen LogP contribution in [0.5, 0.6) is 0 Å².